The zero-order chi connectivity index (χ0) is 24.1. The number of nitrogens with one attached hydrogen (secondary N) is 1. The Morgan fingerprint density at radius 2 is 1.79 bits per heavy atom. The number of para-hydroxylation sites is 2. The van der Waals surface area contributed by atoms with Gasteiger partial charge in [0.25, 0.3) is 11.8 Å². The Morgan fingerprint density at radius 3 is 2.56 bits per heavy atom. The van der Waals surface area contributed by atoms with E-state index >= 15 is 0 Å². The van der Waals surface area contributed by atoms with E-state index in [-0.39, 0.29) is 23.8 Å². The first-order valence-corrected chi connectivity index (χ1v) is 12.4. The number of ether oxygens (including phenoxy) is 1. The van der Waals surface area contributed by atoms with Gasteiger partial charge in [-0.15, -0.1) is 0 Å². The van der Waals surface area contributed by atoms with Crippen LogP contribution in [-0.4, -0.2) is 58.9 Å². The molecule has 0 fully saturated rings. The third kappa shape index (κ3) is 5.11. The predicted octanol–water partition coefficient (Wildman–Crippen LogP) is 5.36. The summed E-state index contributed by atoms with van der Waals surface area (Å²) in [6.45, 7) is 8.60. The molecule has 6 nitrogen and oxygen atoms in total. The standard InChI is InChI=1S/C28H35N3O3/c1-4-30-16-10-5-11-17-31(28(33)24-18-21-12-6-8-14-23(21)29-24)25(20(2)3)19-34-26-15-9-7-13-22(26)27(30)32/h6-9,12-15,18,20,25,29H,4-5,10-11,16-17,19H2,1-3H3/t25-/m1/s1. The van der Waals surface area contributed by atoms with Crippen LogP contribution in [0.2, 0.25) is 0 Å². The van der Waals surface area contributed by atoms with Crippen molar-refractivity contribution in [2.45, 2.75) is 46.1 Å². The summed E-state index contributed by atoms with van der Waals surface area (Å²) in [5.41, 5.74) is 2.14. The smallest absolute Gasteiger partial charge is 0.270 e. The minimum absolute atomic E-state index is 0.00412. The molecule has 6 heteroatoms. The van der Waals surface area contributed by atoms with Crippen LogP contribution in [0.1, 0.15) is 60.9 Å². The Balaban J connectivity index is 1.66. The second-order valence-electron chi connectivity index (χ2n) is 9.33. The summed E-state index contributed by atoms with van der Waals surface area (Å²) in [6.07, 6.45) is 2.74. The summed E-state index contributed by atoms with van der Waals surface area (Å²) in [6, 6.07) is 17.2. The van der Waals surface area contributed by atoms with E-state index in [0.29, 0.717) is 43.2 Å². The lowest BCUT2D eigenvalue weighted by Gasteiger charge is -2.34. The van der Waals surface area contributed by atoms with E-state index in [2.05, 4.69) is 18.8 Å². The number of amides is 2. The molecule has 2 amide bonds. The van der Waals surface area contributed by atoms with Gasteiger partial charge in [0.15, 0.2) is 0 Å². The molecular weight excluding hydrogens is 426 g/mol. The van der Waals surface area contributed by atoms with Crippen LogP contribution in [0, 0.1) is 5.92 Å². The first-order valence-electron chi connectivity index (χ1n) is 12.4. The Labute approximate surface area is 201 Å². The molecule has 0 radical (unpaired) electrons. The lowest BCUT2D eigenvalue weighted by Crippen LogP contribution is -2.47. The number of carbonyl (C=O) groups excluding carboxylic acids is 2. The minimum Gasteiger partial charge on any atom is -0.491 e. The molecule has 180 valence electrons. The summed E-state index contributed by atoms with van der Waals surface area (Å²) >= 11 is 0. The molecule has 1 atom stereocenters. The van der Waals surface area contributed by atoms with E-state index in [1.54, 1.807) is 0 Å². The van der Waals surface area contributed by atoms with Crippen LogP contribution in [-0.2, 0) is 0 Å². The Bertz CT molecular complexity index is 1100. The van der Waals surface area contributed by atoms with Crippen LogP contribution in [0.25, 0.3) is 10.9 Å². The number of H-pyrrole nitrogens is 1. The zero-order valence-electron chi connectivity index (χ0n) is 20.4. The molecular formula is C28H35N3O3. The highest BCUT2D eigenvalue weighted by atomic mass is 16.5. The number of hydrogen-bond acceptors (Lipinski definition) is 3. The van der Waals surface area contributed by atoms with E-state index in [0.717, 1.165) is 30.2 Å². The van der Waals surface area contributed by atoms with Crippen LogP contribution in [0.3, 0.4) is 0 Å². The van der Waals surface area contributed by atoms with Crippen molar-refractivity contribution in [2.24, 2.45) is 5.92 Å². The number of benzene rings is 2. The summed E-state index contributed by atoms with van der Waals surface area (Å²) in [5, 5.41) is 1.03. The van der Waals surface area contributed by atoms with Crippen LogP contribution in [0.15, 0.2) is 54.6 Å². The van der Waals surface area contributed by atoms with Crippen molar-refractivity contribution in [3.8, 4) is 5.75 Å². The van der Waals surface area contributed by atoms with Gasteiger partial charge in [-0.1, -0.05) is 44.2 Å². The van der Waals surface area contributed by atoms with Gasteiger partial charge in [0.2, 0.25) is 0 Å². The fourth-order valence-electron chi connectivity index (χ4n) is 4.68. The van der Waals surface area contributed by atoms with Crippen molar-refractivity contribution in [1.29, 1.82) is 0 Å². The highest BCUT2D eigenvalue weighted by molar-refractivity contribution is 5.98. The van der Waals surface area contributed by atoms with Crippen molar-refractivity contribution < 1.29 is 14.3 Å². The molecule has 1 aliphatic heterocycles. The third-order valence-electron chi connectivity index (χ3n) is 6.71. The fraction of sp³-hybridized carbons (Fsp3) is 0.429. The summed E-state index contributed by atoms with van der Waals surface area (Å²) in [4.78, 5) is 34.1. The van der Waals surface area contributed by atoms with E-state index in [1.807, 2.05) is 71.3 Å². The van der Waals surface area contributed by atoms with Gasteiger partial charge in [0, 0.05) is 30.5 Å². The number of rotatable bonds is 3. The maximum absolute atomic E-state index is 13.7. The number of nitrogens with zero attached hydrogens (tertiary/aromatic N) is 2. The molecule has 1 aliphatic rings. The molecule has 0 saturated heterocycles. The van der Waals surface area contributed by atoms with Gasteiger partial charge >= 0.3 is 0 Å². The molecule has 34 heavy (non-hydrogen) atoms. The molecule has 0 spiro atoms. The highest BCUT2D eigenvalue weighted by Crippen LogP contribution is 2.25. The Morgan fingerprint density at radius 1 is 1.06 bits per heavy atom. The lowest BCUT2D eigenvalue weighted by molar-refractivity contribution is 0.0523. The molecule has 2 heterocycles. The zero-order valence-corrected chi connectivity index (χ0v) is 20.4. The van der Waals surface area contributed by atoms with Crippen molar-refractivity contribution in [2.75, 3.05) is 26.2 Å². The SMILES string of the molecule is CCN1CCCCCN(C(=O)c2cc3ccccc3[nH]2)[C@@H](C(C)C)COc2ccccc2C1=O. The highest BCUT2D eigenvalue weighted by Gasteiger charge is 2.30. The van der Waals surface area contributed by atoms with Crippen molar-refractivity contribution >= 4 is 22.7 Å². The van der Waals surface area contributed by atoms with Gasteiger partial charge in [0.1, 0.15) is 18.1 Å². The monoisotopic (exact) mass is 461 g/mol. The predicted molar refractivity (Wildman–Crippen MR) is 135 cm³/mol. The largest absolute Gasteiger partial charge is 0.491 e. The average Bonchev–Trinajstić information content (AvgIpc) is 3.28. The lowest BCUT2D eigenvalue weighted by atomic mass is 10.0. The van der Waals surface area contributed by atoms with Gasteiger partial charge in [-0.3, -0.25) is 9.59 Å². The van der Waals surface area contributed by atoms with Crippen molar-refractivity contribution in [3.05, 3.63) is 65.9 Å². The Hall–Kier alpha value is -3.28. The normalized spacial score (nSPS) is 18.1. The average molecular weight is 462 g/mol. The summed E-state index contributed by atoms with van der Waals surface area (Å²) in [7, 11) is 0. The Kier molecular flexibility index (Phi) is 7.56. The van der Waals surface area contributed by atoms with E-state index < -0.39 is 0 Å². The molecule has 0 unspecified atom stereocenters. The van der Waals surface area contributed by atoms with Gasteiger partial charge < -0.3 is 19.5 Å². The fourth-order valence-corrected chi connectivity index (χ4v) is 4.68. The van der Waals surface area contributed by atoms with Gasteiger partial charge in [-0.25, -0.2) is 0 Å². The van der Waals surface area contributed by atoms with Crippen LogP contribution < -0.4 is 4.74 Å². The molecule has 1 aromatic heterocycles. The number of hydrogen-bond donors (Lipinski definition) is 1. The maximum atomic E-state index is 13.7. The van der Waals surface area contributed by atoms with Crippen LogP contribution in [0.5, 0.6) is 5.75 Å². The maximum Gasteiger partial charge on any atom is 0.270 e. The number of aromatic amines is 1. The second-order valence-corrected chi connectivity index (χ2v) is 9.33. The third-order valence-corrected chi connectivity index (χ3v) is 6.71. The van der Waals surface area contributed by atoms with E-state index in [9.17, 15) is 9.59 Å². The molecule has 0 bridgehead atoms. The number of fused-ring (bicyclic) bond motifs is 2. The first kappa shape index (κ1) is 23.9. The second kappa shape index (κ2) is 10.8. The molecule has 4 rings (SSSR count). The molecule has 1 N–H and O–H groups in total. The summed E-state index contributed by atoms with van der Waals surface area (Å²) in [5.74, 6) is 0.764. The molecule has 0 aliphatic carbocycles. The van der Waals surface area contributed by atoms with Crippen LogP contribution >= 0.6 is 0 Å². The quantitative estimate of drug-likeness (QED) is 0.571. The van der Waals surface area contributed by atoms with E-state index in [1.165, 1.54) is 0 Å². The van der Waals surface area contributed by atoms with Crippen molar-refractivity contribution in [1.82, 2.24) is 14.8 Å². The van der Waals surface area contributed by atoms with Gasteiger partial charge in [-0.2, -0.15) is 0 Å². The minimum atomic E-state index is -0.120. The topological polar surface area (TPSA) is 65.6 Å². The van der Waals surface area contributed by atoms with Gasteiger partial charge in [0.05, 0.1) is 11.6 Å². The number of aromatic nitrogens is 1. The summed E-state index contributed by atoms with van der Waals surface area (Å²) < 4.78 is 6.26. The molecule has 0 saturated carbocycles. The van der Waals surface area contributed by atoms with Gasteiger partial charge in [-0.05, 0) is 56.4 Å². The van der Waals surface area contributed by atoms with E-state index in [4.69, 9.17) is 4.74 Å². The first-order chi connectivity index (χ1) is 16.5. The van der Waals surface area contributed by atoms with Crippen molar-refractivity contribution in [3.63, 3.8) is 0 Å². The number of carbonyl (C=O) groups is 2. The molecule has 2 aromatic carbocycles. The molecule has 3 aromatic rings. The van der Waals surface area contributed by atoms with Crippen LogP contribution in [0.4, 0.5) is 0 Å².